The minimum atomic E-state index is -0.572. The van der Waals surface area contributed by atoms with E-state index in [0.717, 1.165) is 0 Å². The summed E-state index contributed by atoms with van der Waals surface area (Å²) in [5, 5.41) is 0. The Kier molecular flexibility index (Phi) is 4.54. The first-order chi connectivity index (χ1) is 10.3. The zero-order chi connectivity index (χ0) is 16.3. The van der Waals surface area contributed by atoms with Crippen LogP contribution in [-0.2, 0) is 14.3 Å². The first kappa shape index (κ1) is 16.1. The lowest BCUT2D eigenvalue weighted by molar-refractivity contribution is -0.136. The quantitative estimate of drug-likeness (QED) is 0.786. The fourth-order valence-electron chi connectivity index (χ4n) is 2.22. The molecule has 0 unspecified atom stereocenters. The van der Waals surface area contributed by atoms with Crippen molar-refractivity contribution in [2.45, 2.75) is 33.3 Å². The Balaban J connectivity index is 2.33. The van der Waals surface area contributed by atoms with Gasteiger partial charge in [-0.1, -0.05) is 18.2 Å². The molecular weight excluding hydrogens is 282 g/mol. The molecule has 22 heavy (non-hydrogen) atoms. The Hall–Kier alpha value is -2.30. The van der Waals surface area contributed by atoms with E-state index in [1.165, 1.54) is 4.90 Å². The van der Waals surface area contributed by atoms with Crippen molar-refractivity contribution in [2.24, 2.45) is 0 Å². The second kappa shape index (κ2) is 6.22. The number of hydrogen-bond acceptors (Lipinski definition) is 4. The number of para-hydroxylation sites is 1. The van der Waals surface area contributed by atoms with Gasteiger partial charge in [-0.3, -0.25) is 4.90 Å². The number of rotatable bonds is 2. The van der Waals surface area contributed by atoms with Crippen molar-refractivity contribution >= 4 is 23.3 Å². The van der Waals surface area contributed by atoms with Crippen molar-refractivity contribution in [3.8, 4) is 0 Å². The largest absolute Gasteiger partial charge is 0.462 e. The van der Waals surface area contributed by atoms with Crippen LogP contribution in [0.2, 0.25) is 0 Å². The molecule has 1 aliphatic heterocycles. The van der Waals surface area contributed by atoms with Crippen molar-refractivity contribution in [3.05, 3.63) is 35.9 Å². The van der Waals surface area contributed by atoms with Crippen molar-refractivity contribution in [1.82, 2.24) is 0 Å². The lowest BCUT2D eigenvalue weighted by Crippen LogP contribution is -2.39. The van der Waals surface area contributed by atoms with Crippen LogP contribution in [0.1, 0.15) is 33.3 Å². The average Bonchev–Trinajstić information content (AvgIpc) is 2.44. The fourth-order valence-corrected chi connectivity index (χ4v) is 2.22. The Bertz CT molecular complexity index is 613. The summed E-state index contributed by atoms with van der Waals surface area (Å²) in [5.41, 5.74) is 1.24. The second-order valence-electron chi connectivity index (χ2n) is 5.95. The number of carbonyl (C=O) groups is 2. The predicted octanol–water partition coefficient (Wildman–Crippen LogP) is 3.39. The highest BCUT2D eigenvalue weighted by Gasteiger charge is 2.29. The van der Waals surface area contributed by atoms with E-state index in [1.807, 2.05) is 32.9 Å². The summed E-state index contributed by atoms with van der Waals surface area (Å²) < 4.78 is 10.5. The first-order valence-corrected chi connectivity index (χ1v) is 7.30. The minimum absolute atomic E-state index is 0.278. The van der Waals surface area contributed by atoms with Crippen LogP contribution >= 0.6 is 0 Å². The van der Waals surface area contributed by atoms with Gasteiger partial charge < -0.3 is 9.47 Å². The molecule has 0 aromatic heterocycles. The van der Waals surface area contributed by atoms with E-state index in [9.17, 15) is 9.59 Å². The van der Waals surface area contributed by atoms with E-state index in [2.05, 4.69) is 0 Å². The molecule has 1 amide bonds. The van der Waals surface area contributed by atoms with E-state index >= 15 is 0 Å². The maximum absolute atomic E-state index is 12.3. The molecule has 0 N–H and O–H groups in total. The zero-order valence-corrected chi connectivity index (χ0v) is 13.4. The number of carbonyl (C=O) groups excluding carboxylic acids is 2. The van der Waals surface area contributed by atoms with Crippen LogP contribution in [0.15, 0.2) is 30.3 Å². The third-order valence-corrected chi connectivity index (χ3v) is 3.07. The zero-order valence-electron chi connectivity index (χ0n) is 13.4. The molecular formula is C17H21NO4. The standard InChI is InChI=1S/C17H21NO4/c1-5-21-15(19)13-10-11-18(16(20)22-17(2,3)4)14-9-7-6-8-12(13)14/h6-10H,5,11H2,1-4H3. The number of fused-ring (bicyclic) bond motifs is 1. The van der Waals surface area contributed by atoms with Gasteiger partial charge >= 0.3 is 12.1 Å². The van der Waals surface area contributed by atoms with E-state index in [-0.39, 0.29) is 12.5 Å². The molecule has 1 aromatic rings. The fraction of sp³-hybridized carbons (Fsp3) is 0.412. The first-order valence-electron chi connectivity index (χ1n) is 7.30. The van der Waals surface area contributed by atoms with Crippen LogP contribution in [0, 0.1) is 0 Å². The predicted molar refractivity (Wildman–Crippen MR) is 84.6 cm³/mol. The van der Waals surface area contributed by atoms with Gasteiger partial charge in [0.15, 0.2) is 0 Å². The van der Waals surface area contributed by atoms with Crippen LogP contribution in [0.5, 0.6) is 0 Å². The van der Waals surface area contributed by atoms with E-state index < -0.39 is 11.7 Å². The van der Waals surface area contributed by atoms with E-state index in [0.29, 0.717) is 23.4 Å². The van der Waals surface area contributed by atoms with Crippen molar-refractivity contribution in [1.29, 1.82) is 0 Å². The number of nitrogens with zero attached hydrogens (tertiary/aromatic N) is 1. The van der Waals surface area contributed by atoms with Crippen LogP contribution in [-0.4, -0.2) is 30.8 Å². The molecule has 0 spiro atoms. The van der Waals surface area contributed by atoms with Crippen molar-refractivity contribution < 1.29 is 19.1 Å². The number of esters is 1. The summed E-state index contributed by atoms with van der Waals surface area (Å²) in [6.45, 7) is 7.82. The Morgan fingerprint density at radius 1 is 1.23 bits per heavy atom. The lowest BCUT2D eigenvalue weighted by atomic mass is 9.99. The molecule has 0 atom stereocenters. The summed E-state index contributed by atoms with van der Waals surface area (Å²) in [6, 6.07) is 7.24. The molecule has 0 saturated carbocycles. The third kappa shape index (κ3) is 3.47. The molecule has 0 fully saturated rings. The molecule has 0 aliphatic carbocycles. The molecule has 2 rings (SSSR count). The monoisotopic (exact) mass is 303 g/mol. The molecule has 0 saturated heterocycles. The van der Waals surface area contributed by atoms with Crippen LogP contribution in [0.3, 0.4) is 0 Å². The molecule has 118 valence electrons. The summed E-state index contributed by atoms with van der Waals surface area (Å²) in [4.78, 5) is 25.9. The maximum atomic E-state index is 12.3. The van der Waals surface area contributed by atoms with Gasteiger partial charge in [-0.15, -0.1) is 0 Å². The summed E-state index contributed by atoms with van der Waals surface area (Å²) in [6.07, 6.45) is 1.27. The van der Waals surface area contributed by atoms with Crippen molar-refractivity contribution in [2.75, 3.05) is 18.1 Å². The summed E-state index contributed by atoms with van der Waals surface area (Å²) >= 11 is 0. The van der Waals surface area contributed by atoms with Gasteiger partial charge in [0.1, 0.15) is 5.60 Å². The topological polar surface area (TPSA) is 55.8 Å². The molecule has 0 bridgehead atoms. The third-order valence-electron chi connectivity index (χ3n) is 3.07. The number of hydrogen-bond donors (Lipinski definition) is 0. The molecule has 5 nitrogen and oxygen atoms in total. The van der Waals surface area contributed by atoms with Gasteiger partial charge in [0.05, 0.1) is 17.9 Å². The SMILES string of the molecule is CCOC(=O)C1=CCN(C(=O)OC(C)(C)C)c2ccccc21. The van der Waals surface area contributed by atoms with Crippen LogP contribution < -0.4 is 4.90 Å². The van der Waals surface area contributed by atoms with Gasteiger partial charge in [0.25, 0.3) is 0 Å². The number of ether oxygens (including phenoxy) is 2. The van der Waals surface area contributed by atoms with Gasteiger partial charge in [-0.25, -0.2) is 9.59 Å². The Morgan fingerprint density at radius 2 is 1.91 bits per heavy atom. The highest BCUT2D eigenvalue weighted by atomic mass is 16.6. The van der Waals surface area contributed by atoms with Crippen LogP contribution in [0.25, 0.3) is 5.57 Å². The second-order valence-corrected chi connectivity index (χ2v) is 5.95. The number of benzene rings is 1. The molecule has 1 heterocycles. The Labute approximate surface area is 130 Å². The highest BCUT2D eigenvalue weighted by molar-refractivity contribution is 6.20. The molecule has 1 aromatic carbocycles. The smallest absolute Gasteiger partial charge is 0.415 e. The van der Waals surface area contributed by atoms with E-state index in [4.69, 9.17) is 9.47 Å². The minimum Gasteiger partial charge on any atom is -0.462 e. The highest BCUT2D eigenvalue weighted by Crippen LogP contribution is 2.33. The lowest BCUT2D eigenvalue weighted by Gasteiger charge is -2.30. The van der Waals surface area contributed by atoms with Gasteiger partial charge in [0, 0.05) is 12.1 Å². The van der Waals surface area contributed by atoms with Crippen molar-refractivity contribution in [3.63, 3.8) is 0 Å². The summed E-state index contributed by atoms with van der Waals surface area (Å²) in [7, 11) is 0. The average molecular weight is 303 g/mol. The normalized spacial score (nSPS) is 14.0. The van der Waals surface area contributed by atoms with E-state index in [1.54, 1.807) is 25.1 Å². The molecule has 5 heteroatoms. The number of amides is 1. The molecule has 1 aliphatic rings. The van der Waals surface area contributed by atoms with Gasteiger partial charge in [-0.2, -0.15) is 0 Å². The van der Waals surface area contributed by atoms with Gasteiger partial charge in [-0.05, 0) is 39.8 Å². The number of anilines is 1. The van der Waals surface area contributed by atoms with Crippen LogP contribution in [0.4, 0.5) is 10.5 Å². The maximum Gasteiger partial charge on any atom is 0.415 e. The Morgan fingerprint density at radius 3 is 2.55 bits per heavy atom. The molecule has 0 radical (unpaired) electrons. The van der Waals surface area contributed by atoms with Gasteiger partial charge in [0.2, 0.25) is 0 Å². The summed E-state index contributed by atoms with van der Waals surface area (Å²) in [5.74, 6) is -0.376.